The smallest absolute Gasteiger partial charge is 0.336 e. The lowest BCUT2D eigenvalue weighted by Gasteiger charge is -2.51. The number of carboxylic acids is 1. The first-order valence-corrected chi connectivity index (χ1v) is 11.5. The lowest BCUT2D eigenvalue weighted by Crippen LogP contribution is -2.57. The SMILES string of the molecule is CCC(C)C(C)(C)[Si](OC(=O)c1ccccc1C(=O)O)(C(C)C)C(C)C. The minimum atomic E-state index is -2.61. The first-order chi connectivity index (χ1) is 11.9. The Morgan fingerprint density at radius 1 is 1.04 bits per heavy atom. The topological polar surface area (TPSA) is 63.6 Å². The van der Waals surface area contributed by atoms with Gasteiger partial charge in [0.15, 0.2) is 0 Å². The monoisotopic (exact) mass is 378 g/mol. The summed E-state index contributed by atoms with van der Waals surface area (Å²) in [6.45, 7) is 17.3. The normalized spacial score (nSPS) is 13.8. The molecular weight excluding hydrogens is 344 g/mol. The average molecular weight is 379 g/mol. The zero-order chi connectivity index (χ0) is 20.3. The molecule has 5 heteroatoms. The maximum atomic E-state index is 13.1. The summed E-state index contributed by atoms with van der Waals surface area (Å²) in [6.07, 6.45) is 1.00. The van der Waals surface area contributed by atoms with Gasteiger partial charge in [0, 0.05) is 0 Å². The second-order valence-electron chi connectivity index (χ2n) is 8.37. The molecule has 1 aromatic rings. The van der Waals surface area contributed by atoms with E-state index < -0.39 is 20.3 Å². The quantitative estimate of drug-likeness (QED) is 0.552. The Balaban J connectivity index is 3.49. The van der Waals surface area contributed by atoms with Crippen molar-refractivity contribution in [3.05, 3.63) is 35.4 Å². The highest BCUT2D eigenvalue weighted by Crippen LogP contribution is 2.56. The third-order valence-corrected chi connectivity index (χ3v) is 12.7. The largest absolute Gasteiger partial charge is 0.514 e. The number of rotatable bonds is 8. The fourth-order valence-electron chi connectivity index (χ4n) is 4.47. The fourth-order valence-corrected chi connectivity index (χ4v) is 10.9. The maximum Gasteiger partial charge on any atom is 0.336 e. The minimum absolute atomic E-state index is 0.00532. The van der Waals surface area contributed by atoms with E-state index in [0.717, 1.165) is 6.42 Å². The Hall–Kier alpha value is -1.62. The lowest BCUT2D eigenvalue weighted by molar-refractivity contribution is 0.0648. The second kappa shape index (κ2) is 8.38. The molecule has 1 unspecified atom stereocenters. The van der Waals surface area contributed by atoms with Gasteiger partial charge in [0.2, 0.25) is 0 Å². The van der Waals surface area contributed by atoms with Gasteiger partial charge in [0.25, 0.3) is 8.32 Å². The van der Waals surface area contributed by atoms with Crippen LogP contribution in [0.2, 0.25) is 16.1 Å². The van der Waals surface area contributed by atoms with Crippen LogP contribution in [0.15, 0.2) is 24.3 Å². The zero-order valence-corrected chi connectivity index (χ0v) is 18.4. The van der Waals surface area contributed by atoms with Crippen molar-refractivity contribution in [1.82, 2.24) is 0 Å². The predicted molar refractivity (Wildman–Crippen MR) is 108 cm³/mol. The molecule has 1 N–H and O–H groups in total. The van der Waals surface area contributed by atoms with Gasteiger partial charge < -0.3 is 9.53 Å². The number of benzene rings is 1. The molecule has 0 fully saturated rings. The molecule has 1 rings (SSSR count). The molecule has 0 heterocycles. The summed E-state index contributed by atoms with van der Waals surface area (Å²) in [4.78, 5) is 24.6. The molecule has 0 saturated carbocycles. The van der Waals surface area contributed by atoms with Gasteiger partial charge in [-0.1, -0.05) is 73.9 Å². The Morgan fingerprint density at radius 3 is 1.88 bits per heavy atom. The third kappa shape index (κ3) is 3.87. The van der Waals surface area contributed by atoms with E-state index in [9.17, 15) is 14.7 Å². The van der Waals surface area contributed by atoms with Crippen LogP contribution in [0, 0.1) is 5.92 Å². The van der Waals surface area contributed by atoms with Gasteiger partial charge in [-0.05, 0) is 34.2 Å². The van der Waals surface area contributed by atoms with Crippen molar-refractivity contribution in [3.63, 3.8) is 0 Å². The Labute approximate surface area is 159 Å². The molecule has 4 nitrogen and oxygen atoms in total. The number of hydrogen-bond donors (Lipinski definition) is 1. The summed E-state index contributed by atoms with van der Waals surface area (Å²) < 4.78 is 6.36. The summed E-state index contributed by atoms with van der Waals surface area (Å²) >= 11 is 0. The summed E-state index contributed by atoms with van der Waals surface area (Å²) in [6, 6.07) is 6.30. The predicted octanol–water partition coefficient (Wildman–Crippen LogP) is 6.13. The van der Waals surface area contributed by atoms with E-state index in [-0.39, 0.29) is 27.2 Å². The first kappa shape index (κ1) is 22.4. The van der Waals surface area contributed by atoms with Crippen LogP contribution in [-0.2, 0) is 4.43 Å². The molecule has 0 aliphatic heterocycles. The summed E-state index contributed by atoms with van der Waals surface area (Å²) in [5.41, 5.74) is 0.562. The van der Waals surface area contributed by atoms with Crippen LogP contribution in [0.25, 0.3) is 0 Å². The zero-order valence-electron chi connectivity index (χ0n) is 17.4. The van der Waals surface area contributed by atoms with E-state index in [1.807, 2.05) is 0 Å². The van der Waals surface area contributed by atoms with Crippen LogP contribution in [0.1, 0.15) is 82.5 Å². The number of aromatic carboxylic acids is 1. The maximum absolute atomic E-state index is 13.1. The number of carbonyl (C=O) groups excluding carboxylic acids is 1. The van der Waals surface area contributed by atoms with E-state index in [1.54, 1.807) is 18.2 Å². The van der Waals surface area contributed by atoms with Crippen molar-refractivity contribution in [1.29, 1.82) is 0 Å². The van der Waals surface area contributed by atoms with Crippen molar-refractivity contribution in [2.24, 2.45) is 5.92 Å². The van der Waals surface area contributed by atoms with Gasteiger partial charge in [-0.2, -0.15) is 0 Å². The van der Waals surface area contributed by atoms with Crippen LogP contribution in [-0.4, -0.2) is 25.4 Å². The van der Waals surface area contributed by atoms with Crippen molar-refractivity contribution < 1.29 is 19.1 Å². The highest BCUT2D eigenvalue weighted by molar-refractivity contribution is 6.80. The molecule has 0 saturated heterocycles. The van der Waals surface area contributed by atoms with Crippen LogP contribution in [0.5, 0.6) is 0 Å². The van der Waals surface area contributed by atoms with Crippen molar-refractivity contribution in [2.45, 2.75) is 77.9 Å². The molecule has 146 valence electrons. The molecule has 0 bridgehead atoms. The van der Waals surface area contributed by atoms with E-state index in [1.165, 1.54) is 6.07 Å². The third-order valence-electron chi connectivity index (χ3n) is 6.21. The van der Waals surface area contributed by atoms with Gasteiger partial charge in [0.05, 0.1) is 11.1 Å². The van der Waals surface area contributed by atoms with Gasteiger partial charge in [-0.15, -0.1) is 0 Å². The van der Waals surface area contributed by atoms with Crippen LogP contribution >= 0.6 is 0 Å². The van der Waals surface area contributed by atoms with Crippen molar-refractivity contribution >= 4 is 20.3 Å². The Morgan fingerprint density at radius 2 is 1.50 bits per heavy atom. The van der Waals surface area contributed by atoms with Crippen LogP contribution in [0.3, 0.4) is 0 Å². The summed E-state index contributed by atoms with van der Waals surface area (Å²) in [5.74, 6) is -1.23. The first-order valence-electron chi connectivity index (χ1n) is 9.49. The highest BCUT2D eigenvalue weighted by Gasteiger charge is 2.58. The van der Waals surface area contributed by atoms with Crippen LogP contribution < -0.4 is 0 Å². The fraction of sp³-hybridized carbons (Fsp3) is 0.619. The molecule has 26 heavy (non-hydrogen) atoms. The van der Waals surface area contributed by atoms with E-state index >= 15 is 0 Å². The summed E-state index contributed by atoms with van der Waals surface area (Å²) in [7, 11) is -2.61. The molecule has 1 atom stereocenters. The molecular formula is C21H34O4Si. The number of carboxylic acid groups (broad SMARTS) is 1. The summed E-state index contributed by atoms with van der Waals surface area (Å²) in [5, 5.41) is 9.28. The van der Waals surface area contributed by atoms with E-state index in [4.69, 9.17) is 4.43 Å². The number of hydrogen-bond acceptors (Lipinski definition) is 3. The molecule has 0 aliphatic rings. The van der Waals surface area contributed by atoms with Crippen molar-refractivity contribution in [2.75, 3.05) is 0 Å². The van der Waals surface area contributed by atoms with Gasteiger partial charge in [-0.25, -0.2) is 9.59 Å². The average Bonchev–Trinajstić information content (AvgIpc) is 2.57. The molecule has 0 spiro atoms. The standard InChI is InChI=1S/C21H34O4Si/c1-9-16(6)21(7,8)26(14(2)3,15(4)5)25-20(24)18-13-11-10-12-17(18)19(22)23/h10-16H,9H2,1-8H3,(H,22,23). The minimum Gasteiger partial charge on any atom is -0.514 e. The van der Waals surface area contributed by atoms with E-state index in [2.05, 4.69) is 55.4 Å². The van der Waals surface area contributed by atoms with E-state index in [0.29, 0.717) is 5.92 Å². The molecule has 0 aromatic heterocycles. The van der Waals surface area contributed by atoms with Gasteiger partial charge >= 0.3 is 11.9 Å². The lowest BCUT2D eigenvalue weighted by atomic mass is 9.94. The molecule has 0 radical (unpaired) electrons. The molecule has 0 amide bonds. The van der Waals surface area contributed by atoms with Crippen LogP contribution in [0.4, 0.5) is 0 Å². The van der Waals surface area contributed by atoms with Gasteiger partial charge in [0.1, 0.15) is 0 Å². The Kier molecular flexibility index (Phi) is 7.22. The second-order valence-corrected chi connectivity index (χ2v) is 13.8. The van der Waals surface area contributed by atoms with Gasteiger partial charge in [-0.3, -0.25) is 0 Å². The molecule has 1 aromatic carbocycles. The Bertz CT molecular complexity index is 641. The number of carbonyl (C=O) groups is 2. The van der Waals surface area contributed by atoms with Crippen molar-refractivity contribution in [3.8, 4) is 0 Å². The highest BCUT2D eigenvalue weighted by atomic mass is 28.4. The molecule has 0 aliphatic carbocycles.